The normalized spacial score (nSPS) is 17.1. The second-order valence-electron chi connectivity index (χ2n) is 9.72. The summed E-state index contributed by atoms with van der Waals surface area (Å²) in [5.41, 5.74) is 6.79. The third-order valence-electron chi connectivity index (χ3n) is 7.56. The van der Waals surface area contributed by atoms with E-state index in [4.69, 9.17) is 16.6 Å². The second-order valence-corrected chi connectivity index (χ2v) is 12.0. The fraction of sp³-hybridized carbons (Fsp3) is 0.357. The zero-order valence-corrected chi connectivity index (χ0v) is 21.6. The smallest absolute Gasteiger partial charge is 0.244 e. The van der Waals surface area contributed by atoms with Crippen molar-refractivity contribution in [1.29, 1.82) is 5.26 Å². The number of hydrogen-bond donors (Lipinski definition) is 0. The van der Waals surface area contributed by atoms with E-state index in [1.807, 2.05) is 34.7 Å². The lowest BCUT2D eigenvalue weighted by atomic mass is 9.86. The molecule has 0 bridgehead atoms. The van der Waals surface area contributed by atoms with E-state index in [1.54, 1.807) is 16.4 Å². The molecule has 2 aromatic heterocycles. The lowest BCUT2D eigenvalue weighted by Crippen LogP contribution is -2.32. The fourth-order valence-electron chi connectivity index (χ4n) is 5.82. The Morgan fingerprint density at radius 2 is 1.64 bits per heavy atom. The van der Waals surface area contributed by atoms with E-state index in [-0.39, 0.29) is 9.92 Å². The Labute approximate surface area is 216 Å². The van der Waals surface area contributed by atoms with Crippen LogP contribution >= 0.6 is 11.6 Å². The van der Waals surface area contributed by atoms with Crippen LogP contribution in [0.2, 0.25) is 5.02 Å². The highest BCUT2D eigenvalue weighted by molar-refractivity contribution is 7.89. The third kappa shape index (κ3) is 3.71. The third-order valence-corrected chi connectivity index (χ3v) is 9.94. The average Bonchev–Trinajstić information content (AvgIpc) is 3.06. The van der Waals surface area contributed by atoms with Crippen molar-refractivity contribution in [3.63, 3.8) is 0 Å². The first kappa shape index (κ1) is 23.5. The number of para-hydroxylation sites is 2. The molecular formula is C28H27ClN4O2S. The highest BCUT2D eigenvalue weighted by Crippen LogP contribution is 2.39. The molecule has 4 aromatic rings. The van der Waals surface area contributed by atoms with E-state index in [9.17, 15) is 13.7 Å². The maximum atomic E-state index is 13.7. The standard InChI is InChI=1S/C28H27ClN4O2S/c29-23-14-13-19(17-26(23)36(34,35)32-15-7-1-2-8-16-32)27-21-10-4-3-9-20(21)22(18-30)28-31-24-11-5-6-12-25(24)33(27)28/h5-6,11-14,17H,1-4,7-10,15-16H2. The summed E-state index contributed by atoms with van der Waals surface area (Å²) in [5.74, 6) is 0. The van der Waals surface area contributed by atoms with Gasteiger partial charge in [-0.2, -0.15) is 9.57 Å². The second kappa shape index (κ2) is 9.19. The van der Waals surface area contributed by atoms with Gasteiger partial charge in [0.05, 0.1) is 27.3 Å². The summed E-state index contributed by atoms with van der Waals surface area (Å²) < 4.78 is 31.1. The molecule has 1 aliphatic carbocycles. The van der Waals surface area contributed by atoms with Crippen LogP contribution in [-0.4, -0.2) is 35.2 Å². The number of halogens is 1. The van der Waals surface area contributed by atoms with Gasteiger partial charge in [-0.05, 0) is 73.9 Å². The molecule has 2 aliphatic rings. The van der Waals surface area contributed by atoms with Crippen molar-refractivity contribution in [2.45, 2.75) is 56.3 Å². The van der Waals surface area contributed by atoms with Crippen LogP contribution in [0.25, 0.3) is 27.9 Å². The van der Waals surface area contributed by atoms with Crippen molar-refractivity contribution in [2.24, 2.45) is 0 Å². The molecule has 6 rings (SSSR count). The Bertz CT molecular complexity index is 1640. The Balaban J connectivity index is 1.64. The van der Waals surface area contributed by atoms with Crippen molar-refractivity contribution in [3.05, 3.63) is 64.2 Å². The van der Waals surface area contributed by atoms with Gasteiger partial charge in [-0.1, -0.05) is 42.6 Å². The summed E-state index contributed by atoms with van der Waals surface area (Å²) in [6.45, 7) is 1.04. The molecule has 184 valence electrons. The first-order chi connectivity index (χ1) is 17.5. The summed E-state index contributed by atoms with van der Waals surface area (Å²) in [6.07, 6.45) is 7.51. The fourth-order valence-corrected chi connectivity index (χ4v) is 7.84. The van der Waals surface area contributed by atoms with Gasteiger partial charge in [0.2, 0.25) is 10.0 Å². The van der Waals surface area contributed by atoms with Crippen molar-refractivity contribution in [3.8, 4) is 17.3 Å². The van der Waals surface area contributed by atoms with Crippen LogP contribution in [-0.2, 0) is 22.9 Å². The van der Waals surface area contributed by atoms with Crippen LogP contribution in [0.3, 0.4) is 0 Å². The molecule has 8 heteroatoms. The van der Waals surface area contributed by atoms with Gasteiger partial charge in [-0.15, -0.1) is 0 Å². The predicted molar refractivity (Wildman–Crippen MR) is 142 cm³/mol. The largest absolute Gasteiger partial charge is 0.291 e. The highest BCUT2D eigenvalue weighted by Gasteiger charge is 2.30. The van der Waals surface area contributed by atoms with Gasteiger partial charge in [-0.3, -0.25) is 4.40 Å². The van der Waals surface area contributed by atoms with Crippen LogP contribution in [0.4, 0.5) is 0 Å². The summed E-state index contributed by atoms with van der Waals surface area (Å²) in [4.78, 5) is 4.99. The molecule has 0 saturated carbocycles. The lowest BCUT2D eigenvalue weighted by Gasteiger charge is -2.24. The van der Waals surface area contributed by atoms with Gasteiger partial charge >= 0.3 is 0 Å². The number of pyridine rings is 1. The Morgan fingerprint density at radius 3 is 2.39 bits per heavy atom. The number of sulfonamides is 1. The topological polar surface area (TPSA) is 78.5 Å². The molecule has 2 aromatic carbocycles. The first-order valence-electron chi connectivity index (χ1n) is 12.7. The van der Waals surface area contributed by atoms with Crippen LogP contribution in [0, 0.1) is 11.3 Å². The molecule has 0 spiro atoms. The van der Waals surface area contributed by atoms with Crippen molar-refractivity contribution in [2.75, 3.05) is 13.1 Å². The summed E-state index contributed by atoms with van der Waals surface area (Å²) in [5, 5.41) is 10.4. The zero-order chi connectivity index (χ0) is 24.9. The van der Waals surface area contributed by atoms with Crippen LogP contribution < -0.4 is 0 Å². The van der Waals surface area contributed by atoms with E-state index in [2.05, 4.69) is 6.07 Å². The van der Waals surface area contributed by atoms with Gasteiger partial charge in [-0.25, -0.2) is 13.4 Å². The quantitative estimate of drug-likeness (QED) is 0.327. The number of hydrogen-bond acceptors (Lipinski definition) is 4. The first-order valence-corrected chi connectivity index (χ1v) is 14.5. The zero-order valence-electron chi connectivity index (χ0n) is 20.0. The minimum absolute atomic E-state index is 0.148. The van der Waals surface area contributed by atoms with Gasteiger partial charge in [0.1, 0.15) is 11.0 Å². The lowest BCUT2D eigenvalue weighted by molar-refractivity contribution is 0.424. The Kier molecular flexibility index (Phi) is 5.99. The molecule has 0 radical (unpaired) electrons. The van der Waals surface area contributed by atoms with Gasteiger partial charge in [0.25, 0.3) is 0 Å². The number of nitrogens with zero attached hydrogens (tertiary/aromatic N) is 4. The SMILES string of the molecule is N#Cc1c2c(c(-c3ccc(Cl)c(S(=O)(=O)N4CCCCCC4)c3)n3c1nc1ccccc13)CCCC2. The molecule has 0 atom stereocenters. The highest BCUT2D eigenvalue weighted by atomic mass is 35.5. The van der Waals surface area contributed by atoms with Crippen LogP contribution in [0.15, 0.2) is 47.4 Å². The molecule has 1 aliphatic heterocycles. The number of benzene rings is 2. The van der Waals surface area contributed by atoms with Gasteiger partial charge in [0.15, 0.2) is 5.65 Å². The minimum atomic E-state index is -3.74. The van der Waals surface area contributed by atoms with E-state index >= 15 is 0 Å². The molecule has 3 heterocycles. The molecule has 0 N–H and O–H groups in total. The monoisotopic (exact) mass is 518 g/mol. The molecule has 36 heavy (non-hydrogen) atoms. The molecular weight excluding hydrogens is 492 g/mol. The van der Waals surface area contributed by atoms with Gasteiger partial charge in [0, 0.05) is 18.7 Å². The molecule has 1 fully saturated rings. The Hall–Kier alpha value is -2.92. The van der Waals surface area contributed by atoms with Crippen molar-refractivity contribution in [1.82, 2.24) is 13.7 Å². The maximum Gasteiger partial charge on any atom is 0.244 e. The minimum Gasteiger partial charge on any atom is -0.291 e. The Morgan fingerprint density at radius 1 is 0.917 bits per heavy atom. The summed E-state index contributed by atoms with van der Waals surface area (Å²) >= 11 is 6.54. The van der Waals surface area contributed by atoms with Crippen molar-refractivity contribution < 1.29 is 8.42 Å². The molecule has 6 nitrogen and oxygen atoms in total. The van der Waals surface area contributed by atoms with E-state index in [1.165, 1.54) is 0 Å². The number of rotatable bonds is 3. The number of fused-ring (bicyclic) bond motifs is 4. The number of imidazole rings is 1. The van der Waals surface area contributed by atoms with Crippen LogP contribution in [0.5, 0.6) is 0 Å². The molecule has 0 amide bonds. The van der Waals surface area contributed by atoms with E-state index in [0.29, 0.717) is 24.3 Å². The van der Waals surface area contributed by atoms with Crippen LogP contribution in [0.1, 0.15) is 55.2 Å². The summed E-state index contributed by atoms with van der Waals surface area (Å²) in [7, 11) is -3.74. The predicted octanol–water partition coefficient (Wildman–Crippen LogP) is 6.12. The number of aromatic nitrogens is 2. The molecule has 0 unspecified atom stereocenters. The van der Waals surface area contributed by atoms with E-state index < -0.39 is 10.0 Å². The van der Waals surface area contributed by atoms with Crippen molar-refractivity contribution >= 4 is 38.3 Å². The maximum absolute atomic E-state index is 13.7. The van der Waals surface area contributed by atoms with E-state index in [0.717, 1.165) is 84.8 Å². The average molecular weight is 519 g/mol. The number of nitriles is 1. The van der Waals surface area contributed by atoms with Gasteiger partial charge < -0.3 is 0 Å². The molecule has 1 saturated heterocycles. The summed E-state index contributed by atoms with van der Waals surface area (Å²) in [6, 6.07) is 15.6.